The van der Waals surface area contributed by atoms with Crippen LogP contribution in [0.3, 0.4) is 0 Å². The van der Waals surface area contributed by atoms with Crippen molar-refractivity contribution in [3.8, 4) is 0 Å². The molecule has 2 atom stereocenters. The van der Waals surface area contributed by atoms with Gasteiger partial charge in [-0.15, -0.1) is 0 Å². The van der Waals surface area contributed by atoms with Crippen LogP contribution in [0, 0.1) is 0 Å². The summed E-state index contributed by atoms with van der Waals surface area (Å²) < 4.78 is 11.6. The minimum absolute atomic E-state index is 0.0575. The molecule has 2 fully saturated rings. The van der Waals surface area contributed by atoms with E-state index in [4.69, 9.17) is 9.47 Å². The van der Waals surface area contributed by atoms with Gasteiger partial charge >= 0.3 is 6.09 Å². The van der Waals surface area contributed by atoms with Crippen LogP contribution in [0.4, 0.5) is 4.79 Å². The molecular weight excluding hydrogens is 390 g/mol. The average molecular weight is 422 g/mol. The Morgan fingerprint density at radius 2 is 1.61 bits per heavy atom. The SMILES string of the molecule is C[C@@H]1CC(=O)[C@@H](CO[C@H]2CC[C@@H](c3ccccc3)CC2)N1C(=O)OCc1ccccc1. The first-order valence-corrected chi connectivity index (χ1v) is 11.3. The zero-order valence-corrected chi connectivity index (χ0v) is 18.1. The quantitative estimate of drug-likeness (QED) is 0.651. The zero-order valence-electron chi connectivity index (χ0n) is 18.1. The van der Waals surface area contributed by atoms with Crippen LogP contribution < -0.4 is 0 Å². The fourth-order valence-corrected chi connectivity index (χ4v) is 4.78. The fraction of sp³-hybridized carbons (Fsp3) is 0.462. The maximum atomic E-state index is 12.7. The first kappa shape index (κ1) is 21.6. The highest BCUT2D eigenvalue weighted by Gasteiger charge is 2.42. The predicted molar refractivity (Wildman–Crippen MR) is 119 cm³/mol. The Labute approximate surface area is 184 Å². The van der Waals surface area contributed by atoms with Crippen molar-refractivity contribution in [2.75, 3.05) is 6.61 Å². The molecule has 31 heavy (non-hydrogen) atoms. The molecule has 0 radical (unpaired) electrons. The first-order valence-electron chi connectivity index (χ1n) is 11.3. The number of Topliss-reactive ketones (excluding diaryl/α,β-unsaturated/α-hetero) is 1. The number of hydrogen-bond donors (Lipinski definition) is 0. The first-order chi connectivity index (χ1) is 15.1. The number of carbonyl (C=O) groups is 2. The zero-order chi connectivity index (χ0) is 21.6. The van der Waals surface area contributed by atoms with Gasteiger partial charge in [0, 0.05) is 12.5 Å². The number of hydrogen-bond acceptors (Lipinski definition) is 4. The summed E-state index contributed by atoms with van der Waals surface area (Å²) in [5, 5.41) is 0. The summed E-state index contributed by atoms with van der Waals surface area (Å²) in [5.41, 5.74) is 2.32. The third-order valence-corrected chi connectivity index (χ3v) is 6.53. The molecule has 0 bridgehead atoms. The van der Waals surface area contributed by atoms with Gasteiger partial charge in [0.05, 0.1) is 12.7 Å². The van der Waals surface area contributed by atoms with E-state index in [-0.39, 0.29) is 31.1 Å². The van der Waals surface area contributed by atoms with Crippen molar-refractivity contribution >= 4 is 11.9 Å². The molecule has 4 rings (SSSR count). The Hall–Kier alpha value is -2.66. The number of ketones is 1. The number of amides is 1. The number of benzene rings is 2. The fourth-order valence-electron chi connectivity index (χ4n) is 4.78. The van der Waals surface area contributed by atoms with Crippen molar-refractivity contribution in [3.63, 3.8) is 0 Å². The molecule has 0 spiro atoms. The van der Waals surface area contributed by atoms with Crippen LogP contribution in [0.25, 0.3) is 0 Å². The van der Waals surface area contributed by atoms with Crippen LogP contribution in [0.2, 0.25) is 0 Å². The molecule has 0 N–H and O–H groups in total. The highest BCUT2D eigenvalue weighted by atomic mass is 16.6. The van der Waals surface area contributed by atoms with Crippen molar-refractivity contribution in [1.29, 1.82) is 0 Å². The van der Waals surface area contributed by atoms with Crippen molar-refractivity contribution in [2.24, 2.45) is 0 Å². The number of likely N-dealkylation sites (tertiary alicyclic amines) is 1. The van der Waals surface area contributed by atoms with Crippen LogP contribution in [0.5, 0.6) is 0 Å². The monoisotopic (exact) mass is 421 g/mol. The molecule has 1 aliphatic carbocycles. The van der Waals surface area contributed by atoms with Gasteiger partial charge in [0.15, 0.2) is 5.78 Å². The van der Waals surface area contributed by atoms with E-state index in [1.165, 1.54) is 5.56 Å². The van der Waals surface area contributed by atoms with Gasteiger partial charge in [0.1, 0.15) is 12.6 Å². The minimum atomic E-state index is -0.551. The third kappa shape index (κ3) is 5.34. The van der Waals surface area contributed by atoms with Crippen LogP contribution in [0.15, 0.2) is 60.7 Å². The van der Waals surface area contributed by atoms with E-state index in [0.29, 0.717) is 12.3 Å². The van der Waals surface area contributed by atoms with E-state index < -0.39 is 12.1 Å². The number of rotatable bonds is 6. The molecule has 1 heterocycles. The molecule has 0 aromatic heterocycles. The summed E-state index contributed by atoms with van der Waals surface area (Å²) in [6, 6.07) is 19.5. The lowest BCUT2D eigenvalue weighted by molar-refractivity contribution is -0.122. The minimum Gasteiger partial charge on any atom is -0.445 e. The molecule has 1 saturated carbocycles. The van der Waals surface area contributed by atoms with Crippen LogP contribution >= 0.6 is 0 Å². The van der Waals surface area contributed by atoms with Gasteiger partial charge in [-0.2, -0.15) is 0 Å². The molecule has 1 amide bonds. The molecule has 2 aromatic rings. The van der Waals surface area contributed by atoms with E-state index in [9.17, 15) is 9.59 Å². The smallest absolute Gasteiger partial charge is 0.411 e. The van der Waals surface area contributed by atoms with Crippen molar-refractivity contribution in [2.45, 2.75) is 69.7 Å². The second-order valence-corrected chi connectivity index (χ2v) is 8.70. The molecule has 0 unspecified atom stereocenters. The predicted octanol–water partition coefficient (Wildman–Crippen LogP) is 5.10. The maximum Gasteiger partial charge on any atom is 0.411 e. The van der Waals surface area contributed by atoms with Crippen LogP contribution in [0.1, 0.15) is 56.1 Å². The molecule has 1 aliphatic heterocycles. The summed E-state index contributed by atoms with van der Waals surface area (Å²) in [6.45, 7) is 2.35. The third-order valence-electron chi connectivity index (χ3n) is 6.53. The van der Waals surface area contributed by atoms with Crippen molar-refractivity contribution < 1.29 is 19.1 Å². The Kier molecular flexibility index (Phi) is 7.03. The largest absolute Gasteiger partial charge is 0.445 e. The summed E-state index contributed by atoms with van der Waals surface area (Å²) in [6.07, 6.45) is 4.20. The van der Waals surface area contributed by atoms with Crippen LogP contribution in [-0.4, -0.2) is 41.6 Å². The normalized spacial score (nSPS) is 26.1. The average Bonchev–Trinajstić information content (AvgIpc) is 3.10. The Bertz CT molecular complexity index is 861. The highest BCUT2D eigenvalue weighted by Crippen LogP contribution is 2.34. The molecule has 164 valence electrons. The van der Waals surface area contributed by atoms with E-state index in [2.05, 4.69) is 30.3 Å². The van der Waals surface area contributed by atoms with E-state index in [0.717, 1.165) is 31.2 Å². The Morgan fingerprint density at radius 3 is 2.29 bits per heavy atom. The van der Waals surface area contributed by atoms with Crippen LogP contribution in [-0.2, 0) is 20.9 Å². The van der Waals surface area contributed by atoms with Gasteiger partial charge in [-0.25, -0.2) is 4.79 Å². The lowest BCUT2D eigenvalue weighted by Gasteiger charge is -2.31. The maximum absolute atomic E-state index is 12.7. The highest BCUT2D eigenvalue weighted by molar-refractivity contribution is 5.91. The van der Waals surface area contributed by atoms with Gasteiger partial charge < -0.3 is 9.47 Å². The van der Waals surface area contributed by atoms with Gasteiger partial charge in [-0.05, 0) is 49.7 Å². The number of ether oxygens (including phenoxy) is 2. The van der Waals surface area contributed by atoms with E-state index in [1.54, 1.807) is 4.90 Å². The Balaban J connectivity index is 1.28. The van der Waals surface area contributed by atoms with Gasteiger partial charge in [0.2, 0.25) is 0 Å². The summed E-state index contributed by atoms with van der Waals surface area (Å²) in [5.74, 6) is 0.640. The van der Waals surface area contributed by atoms with Gasteiger partial charge in [-0.3, -0.25) is 9.69 Å². The van der Waals surface area contributed by atoms with E-state index in [1.807, 2.05) is 37.3 Å². The van der Waals surface area contributed by atoms with E-state index >= 15 is 0 Å². The standard InChI is InChI=1S/C26H31NO4/c1-19-16-25(28)24(27(19)26(29)31-17-20-8-4-2-5-9-20)18-30-23-14-12-22(13-15-23)21-10-6-3-7-11-21/h2-11,19,22-24H,12-18H2,1H3/t19-,22-,23+,24-/m1/s1. The topological polar surface area (TPSA) is 55.8 Å². The summed E-state index contributed by atoms with van der Waals surface area (Å²) in [4.78, 5) is 26.9. The molecule has 2 aliphatic rings. The molecule has 5 heteroatoms. The van der Waals surface area contributed by atoms with Crippen molar-refractivity contribution in [3.05, 3.63) is 71.8 Å². The van der Waals surface area contributed by atoms with Crippen molar-refractivity contribution in [1.82, 2.24) is 4.90 Å². The van der Waals surface area contributed by atoms with Gasteiger partial charge in [-0.1, -0.05) is 60.7 Å². The Morgan fingerprint density at radius 1 is 0.968 bits per heavy atom. The molecule has 2 aromatic carbocycles. The molecule has 5 nitrogen and oxygen atoms in total. The lowest BCUT2D eigenvalue weighted by Crippen LogP contribution is -2.45. The molecular formula is C26H31NO4. The lowest BCUT2D eigenvalue weighted by atomic mass is 9.83. The second kappa shape index (κ2) is 10.1. The number of nitrogens with zero attached hydrogens (tertiary/aromatic N) is 1. The number of carbonyl (C=O) groups excluding carboxylic acids is 2. The summed E-state index contributed by atoms with van der Waals surface area (Å²) in [7, 11) is 0. The molecule has 1 saturated heterocycles. The second-order valence-electron chi connectivity index (χ2n) is 8.70. The van der Waals surface area contributed by atoms with Gasteiger partial charge in [0.25, 0.3) is 0 Å². The summed E-state index contributed by atoms with van der Waals surface area (Å²) >= 11 is 0.